The summed E-state index contributed by atoms with van der Waals surface area (Å²) in [5, 5.41) is 1.09. The van der Waals surface area contributed by atoms with E-state index in [1.807, 2.05) is 25.1 Å². The van der Waals surface area contributed by atoms with Crippen molar-refractivity contribution in [1.82, 2.24) is 19.4 Å². The molecule has 2 aromatic heterocycles. The van der Waals surface area contributed by atoms with Crippen LogP contribution in [-0.2, 0) is 17.9 Å². The summed E-state index contributed by atoms with van der Waals surface area (Å²) >= 11 is 0. The summed E-state index contributed by atoms with van der Waals surface area (Å²) < 4.78 is 7.90. The van der Waals surface area contributed by atoms with Gasteiger partial charge in [-0.25, -0.2) is 9.97 Å². The minimum Gasteiger partial charge on any atom is -0.382 e. The summed E-state index contributed by atoms with van der Waals surface area (Å²) in [5.74, 6) is 1.41. The number of hydrogen-bond acceptors (Lipinski definition) is 5. The van der Waals surface area contributed by atoms with Crippen molar-refractivity contribution >= 4 is 27.8 Å². The van der Waals surface area contributed by atoms with Crippen LogP contribution >= 0.6 is 0 Å². The van der Waals surface area contributed by atoms with Crippen molar-refractivity contribution in [2.45, 2.75) is 32.9 Å². The predicted molar refractivity (Wildman–Crippen MR) is 103 cm³/mol. The number of unbranched alkanes of at least 4 members (excludes halogenated alkanes) is 1. The van der Waals surface area contributed by atoms with Crippen molar-refractivity contribution in [3.63, 3.8) is 0 Å². The monoisotopic (exact) mass is 341 g/mol. The molecule has 0 amide bonds. The van der Waals surface area contributed by atoms with E-state index in [1.54, 1.807) is 0 Å². The highest BCUT2D eigenvalue weighted by atomic mass is 16.5. The lowest BCUT2D eigenvalue weighted by Crippen LogP contribution is -2.14. The summed E-state index contributed by atoms with van der Waals surface area (Å²) in [6.45, 7) is 5.14. The Hall–Kier alpha value is -2.18. The van der Waals surface area contributed by atoms with Gasteiger partial charge in [0.05, 0.1) is 11.0 Å². The maximum absolute atomic E-state index is 6.19. The fourth-order valence-electron chi connectivity index (χ4n) is 3.15. The molecule has 25 heavy (non-hydrogen) atoms. The molecule has 3 aromatic rings. The van der Waals surface area contributed by atoms with E-state index in [0.29, 0.717) is 19.0 Å². The Kier molecular flexibility index (Phi) is 5.50. The average Bonchev–Trinajstić information content (AvgIpc) is 2.96. The van der Waals surface area contributed by atoms with E-state index in [4.69, 9.17) is 15.5 Å². The maximum atomic E-state index is 6.19. The molecule has 0 atom stereocenters. The molecule has 1 aromatic carbocycles. The number of nitrogen functional groups attached to an aromatic ring is 1. The van der Waals surface area contributed by atoms with Crippen LogP contribution in [0.1, 0.15) is 25.6 Å². The van der Waals surface area contributed by atoms with Gasteiger partial charge in [0.2, 0.25) is 0 Å². The molecular weight excluding hydrogens is 314 g/mol. The molecule has 0 unspecified atom stereocenters. The molecule has 6 nitrogen and oxygen atoms in total. The van der Waals surface area contributed by atoms with Crippen molar-refractivity contribution in [3.8, 4) is 0 Å². The first-order chi connectivity index (χ1) is 12.1. The van der Waals surface area contributed by atoms with E-state index < -0.39 is 0 Å². The number of pyridine rings is 1. The molecule has 0 saturated carbocycles. The van der Waals surface area contributed by atoms with Gasteiger partial charge in [0.15, 0.2) is 5.82 Å². The molecule has 0 radical (unpaired) electrons. The van der Waals surface area contributed by atoms with E-state index in [0.717, 1.165) is 53.7 Å². The lowest BCUT2D eigenvalue weighted by molar-refractivity contribution is 0.126. The fourth-order valence-corrected chi connectivity index (χ4v) is 3.15. The molecular formula is C19H27N5O. The third-order valence-electron chi connectivity index (χ3n) is 4.36. The van der Waals surface area contributed by atoms with Crippen LogP contribution in [0, 0.1) is 0 Å². The molecule has 0 spiro atoms. The predicted octanol–water partition coefficient (Wildman–Crippen LogP) is 3.05. The first-order valence-electron chi connectivity index (χ1n) is 8.87. The number of ether oxygens (including phenoxy) is 1. The van der Waals surface area contributed by atoms with Gasteiger partial charge in [0, 0.05) is 18.5 Å². The van der Waals surface area contributed by atoms with Gasteiger partial charge in [-0.1, -0.05) is 18.2 Å². The topological polar surface area (TPSA) is 69.2 Å². The summed E-state index contributed by atoms with van der Waals surface area (Å²) in [7, 11) is 4.21. The number of nitrogens with two attached hydrogens (primary N) is 1. The van der Waals surface area contributed by atoms with Gasteiger partial charge in [-0.05, 0) is 46.5 Å². The van der Waals surface area contributed by atoms with Crippen molar-refractivity contribution in [3.05, 3.63) is 30.1 Å². The second-order valence-electron chi connectivity index (χ2n) is 6.54. The molecule has 0 aliphatic rings. The zero-order chi connectivity index (χ0) is 17.8. The second-order valence-corrected chi connectivity index (χ2v) is 6.54. The summed E-state index contributed by atoms with van der Waals surface area (Å²) in [4.78, 5) is 11.5. The van der Waals surface area contributed by atoms with Gasteiger partial charge in [0.25, 0.3) is 0 Å². The van der Waals surface area contributed by atoms with E-state index in [1.165, 1.54) is 0 Å². The molecule has 6 heteroatoms. The zero-order valence-electron chi connectivity index (χ0n) is 15.3. The quantitative estimate of drug-likeness (QED) is 0.638. The van der Waals surface area contributed by atoms with Crippen LogP contribution in [0.15, 0.2) is 24.3 Å². The van der Waals surface area contributed by atoms with E-state index >= 15 is 0 Å². The van der Waals surface area contributed by atoms with Gasteiger partial charge in [-0.3, -0.25) is 0 Å². The Bertz CT molecular complexity index is 856. The summed E-state index contributed by atoms with van der Waals surface area (Å²) in [6, 6.07) is 8.11. The first-order valence-corrected chi connectivity index (χ1v) is 8.87. The number of aryl methyl sites for hydroxylation is 1. The van der Waals surface area contributed by atoms with Crippen LogP contribution in [0.2, 0.25) is 0 Å². The Morgan fingerprint density at radius 3 is 2.72 bits per heavy atom. The Morgan fingerprint density at radius 2 is 1.96 bits per heavy atom. The van der Waals surface area contributed by atoms with Gasteiger partial charge in [-0.2, -0.15) is 0 Å². The molecule has 2 heterocycles. The van der Waals surface area contributed by atoms with E-state index in [2.05, 4.69) is 34.6 Å². The number of benzene rings is 1. The number of anilines is 1. The SMILES string of the molecule is CCOCc1nc2c(N)nc3ccccc3c2n1CCCCN(C)C. The molecule has 0 aliphatic carbocycles. The van der Waals surface area contributed by atoms with Gasteiger partial charge < -0.3 is 19.9 Å². The summed E-state index contributed by atoms with van der Waals surface area (Å²) in [5.41, 5.74) is 8.95. The highest BCUT2D eigenvalue weighted by Gasteiger charge is 2.17. The van der Waals surface area contributed by atoms with Crippen LogP contribution in [0.5, 0.6) is 0 Å². The minimum atomic E-state index is 0.485. The molecule has 0 saturated heterocycles. The third-order valence-corrected chi connectivity index (χ3v) is 4.36. The lowest BCUT2D eigenvalue weighted by atomic mass is 10.2. The van der Waals surface area contributed by atoms with Crippen LogP contribution in [0.4, 0.5) is 5.82 Å². The van der Waals surface area contributed by atoms with Crippen LogP contribution in [-0.4, -0.2) is 46.7 Å². The molecule has 0 aliphatic heterocycles. The molecule has 0 bridgehead atoms. The molecule has 2 N–H and O–H groups in total. The highest BCUT2D eigenvalue weighted by molar-refractivity contribution is 6.06. The zero-order valence-corrected chi connectivity index (χ0v) is 15.3. The Morgan fingerprint density at radius 1 is 1.16 bits per heavy atom. The molecule has 3 rings (SSSR count). The Balaban J connectivity index is 2.05. The lowest BCUT2D eigenvalue weighted by Gasteiger charge is -2.12. The minimum absolute atomic E-state index is 0.485. The van der Waals surface area contributed by atoms with Crippen molar-refractivity contribution < 1.29 is 4.74 Å². The molecule has 0 fully saturated rings. The van der Waals surface area contributed by atoms with Gasteiger partial charge >= 0.3 is 0 Å². The Labute approximate surface area is 148 Å². The highest BCUT2D eigenvalue weighted by Crippen LogP contribution is 2.29. The van der Waals surface area contributed by atoms with Crippen LogP contribution in [0.3, 0.4) is 0 Å². The van der Waals surface area contributed by atoms with Crippen molar-refractivity contribution in [2.24, 2.45) is 0 Å². The number of fused-ring (bicyclic) bond motifs is 3. The number of aromatic nitrogens is 3. The largest absolute Gasteiger partial charge is 0.382 e. The second kappa shape index (κ2) is 7.80. The number of rotatable bonds is 8. The molecule has 134 valence electrons. The van der Waals surface area contributed by atoms with Crippen molar-refractivity contribution in [2.75, 3.05) is 33.0 Å². The number of imidazole rings is 1. The first kappa shape index (κ1) is 17.6. The van der Waals surface area contributed by atoms with E-state index in [9.17, 15) is 0 Å². The maximum Gasteiger partial charge on any atom is 0.152 e. The number of para-hydroxylation sites is 1. The number of nitrogens with zero attached hydrogens (tertiary/aromatic N) is 4. The average molecular weight is 341 g/mol. The van der Waals surface area contributed by atoms with E-state index in [-0.39, 0.29) is 0 Å². The van der Waals surface area contributed by atoms with Gasteiger partial charge in [-0.15, -0.1) is 0 Å². The summed E-state index contributed by atoms with van der Waals surface area (Å²) in [6.07, 6.45) is 2.22. The van der Waals surface area contributed by atoms with Crippen molar-refractivity contribution in [1.29, 1.82) is 0 Å². The fraction of sp³-hybridized carbons (Fsp3) is 0.474. The third kappa shape index (κ3) is 3.75. The number of hydrogen-bond donors (Lipinski definition) is 1. The normalized spacial score (nSPS) is 11.8. The van der Waals surface area contributed by atoms with Crippen LogP contribution in [0.25, 0.3) is 21.9 Å². The smallest absolute Gasteiger partial charge is 0.152 e. The van der Waals surface area contributed by atoms with Gasteiger partial charge in [0.1, 0.15) is 17.9 Å². The standard InChI is InChI=1S/C19H27N5O/c1-4-25-13-16-22-17-18(24(16)12-8-7-11-23(2)3)14-9-5-6-10-15(14)21-19(17)20/h5-6,9-10H,4,7-8,11-13H2,1-3H3,(H2,20,21). The van der Waals surface area contributed by atoms with Crippen LogP contribution < -0.4 is 5.73 Å².